The van der Waals surface area contributed by atoms with E-state index in [9.17, 15) is 9.90 Å². The van der Waals surface area contributed by atoms with Crippen LogP contribution in [0, 0.1) is 6.92 Å². The van der Waals surface area contributed by atoms with Crippen LogP contribution in [0.15, 0.2) is 42.6 Å². The summed E-state index contributed by atoms with van der Waals surface area (Å²) in [6, 6.07) is 11.0. The largest absolute Gasteiger partial charge is 0.505 e. The monoisotopic (exact) mass is 310 g/mol. The van der Waals surface area contributed by atoms with Gasteiger partial charge in [0.25, 0.3) is 5.91 Å². The lowest BCUT2D eigenvalue weighted by molar-refractivity contribution is 0.0945. The lowest BCUT2D eigenvalue weighted by Gasteiger charge is -2.08. The van der Waals surface area contributed by atoms with E-state index in [1.807, 2.05) is 31.2 Å². The fourth-order valence-corrected chi connectivity index (χ4v) is 2.57. The van der Waals surface area contributed by atoms with Gasteiger partial charge < -0.3 is 15.0 Å². The Hall–Kier alpha value is -2.89. The van der Waals surface area contributed by atoms with Gasteiger partial charge in [0.05, 0.1) is 11.0 Å². The molecule has 3 rings (SSSR count). The molecule has 0 spiro atoms. The average molecular weight is 310 g/mol. The second kappa shape index (κ2) is 6.48. The van der Waals surface area contributed by atoms with Crippen molar-refractivity contribution in [2.45, 2.75) is 19.9 Å². The molecule has 6 heteroatoms. The van der Waals surface area contributed by atoms with Crippen molar-refractivity contribution in [1.82, 2.24) is 19.9 Å². The van der Waals surface area contributed by atoms with E-state index >= 15 is 0 Å². The van der Waals surface area contributed by atoms with Crippen LogP contribution in [0.25, 0.3) is 11.0 Å². The second-order valence-electron chi connectivity index (χ2n) is 5.28. The number of hydrogen-bond donors (Lipinski definition) is 2. The number of amides is 1. The van der Waals surface area contributed by atoms with Gasteiger partial charge in [-0.15, -0.1) is 0 Å². The third-order valence-electron chi connectivity index (χ3n) is 3.69. The summed E-state index contributed by atoms with van der Waals surface area (Å²) < 4.78 is 2.14. The van der Waals surface area contributed by atoms with Crippen LogP contribution in [0.2, 0.25) is 0 Å². The molecule has 0 saturated carbocycles. The van der Waals surface area contributed by atoms with E-state index in [2.05, 4.69) is 19.9 Å². The Bertz CT molecular complexity index is 841. The number of carbonyl (C=O) groups excluding carboxylic acids is 1. The van der Waals surface area contributed by atoms with Crippen LogP contribution in [-0.2, 0) is 6.54 Å². The minimum atomic E-state index is -0.365. The van der Waals surface area contributed by atoms with Crippen LogP contribution in [0.4, 0.5) is 0 Å². The molecule has 2 aromatic heterocycles. The van der Waals surface area contributed by atoms with Gasteiger partial charge in [0.15, 0.2) is 5.69 Å². The first-order valence-electron chi connectivity index (χ1n) is 7.51. The van der Waals surface area contributed by atoms with Gasteiger partial charge >= 0.3 is 0 Å². The van der Waals surface area contributed by atoms with Crippen molar-refractivity contribution in [2.75, 3.05) is 6.54 Å². The average Bonchev–Trinajstić information content (AvgIpc) is 2.87. The fourth-order valence-electron chi connectivity index (χ4n) is 2.57. The van der Waals surface area contributed by atoms with Crippen LogP contribution < -0.4 is 5.32 Å². The number of benzene rings is 1. The number of nitrogens with zero attached hydrogens (tertiary/aromatic N) is 3. The van der Waals surface area contributed by atoms with Crippen LogP contribution in [-0.4, -0.2) is 32.1 Å². The molecule has 6 nitrogen and oxygen atoms in total. The van der Waals surface area contributed by atoms with Gasteiger partial charge in [-0.2, -0.15) is 0 Å². The lowest BCUT2D eigenvalue weighted by atomic mass is 10.3. The fraction of sp³-hybridized carbons (Fsp3) is 0.235. The summed E-state index contributed by atoms with van der Waals surface area (Å²) in [5, 5.41) is 12.4. The molecule has 2 heterocycles. The summed E-state index contributed by atoms with van der Waals surface area (Å²) in [7, 11) is 0. The highest BCUT2D eigenvalue weighted by Crippen LogP contribution is 2.16. The number of carbonyl (C=O) groups is 1. The van der Waals surface area contributed by atoms with E-state index in [1.54, 1.807) is 6.07 Å². The Labute approximate surface area is 133 Å². The van der Waals surface area contributed by atoms with Gasteiger partial charge in [-0.05, 0) is 37.6 Å². The number of fused-ring (bicyclic) bond motifs is 1. The summed E-state index contributed by atoms with van der Waals surface area (Å²) in [6.07, 6.45) is 2.25. The third kappa shape index (κ3) is 3.15. The first kappa shape index (κ1) is 15.0. The molecule has 23 heavy (non-hydrogen) atoms. The van der Waals surface area contributed by atoms with Gasteiger partial charge in [0.1, 0.15) is 11.6 Å². The van der Waals surface area contributed by atoms with Crippen molar-refractivity contribution in [3.63, 3.8) is 0 Å². The van der Waals surface area contributed by atoms with Gasteiger partial charge in [-0.1, -0.05) is 12.1 Å². The van der Waals surface area contributed by atoms with E-state index in [1.165, 1.54) is 12.3 Å². The summed E-state index contributed by atoms with van der Waals surface area (Å²) in [5.74, 6) is 0.483. The molecule has 0 aliphatic rings. The molecule has 0 fully saturated rings. The first-order chi connectivity index (χ1) is 11.2. The van der Waals surface area contributed by atoms with Gasteiger partial charge in [0.2, 0.25) is 0 Å². The van der Waals surface area contributed by atoms with Gasteiger partial charge in [-0.3, -0.25) is 4.79 Å². The molecule has 0 unspecified atom stereocenters. The number of aromatic nitrogens is 3. The molecule has 0 saturated heterocycles. The zero-order valence-corrected chi connectivity index (χ0v) is 12.9. The van der Waals surface area contributed by atoms with E-state index in [0.29, 0.717) is 6.54 Å². The zero-order valence-electron chi connectivity index (χ0n) is 12.9. The number of pyridine rings is 1. The zero-order chi connectivity index (χ0) is 16.2. The molecule has 0 aliphatic heterocycles. The third-order valence-corrected chi connectivity index (χ3v) is 3.69. The molecule has 3 aromatic rings. The normalized spacial score (nSPS) is 10.8. The summed E-state index contributed by atoms with van der Waals surface area (Å²) >= 11 is 0. The predicted molar refractivity (Wildman–Crippen MR) is 87.3 cm³/mol. The van der Waals surface area contributed by atoms with Crippen molar-refractivity contribution < 1.29 is 9.90 Å². The number of imidazole rings is 1. The van der Waals surface area contributed by atoms with Crippen LogP contribution in [0.3, 0.4) is 0 Å². The maximum atomic E-state index is 12.0. The number of aryl methyl sites for hydroxylation is 2. The number of para-hydroxylation sites is 2. The van der Waals surface area contributed by atoms with Crippen molar-refractivity contribution in [3.8, 4) is 5.75 Å². The Balaban J connectivity index is 1.58. The Morgan fingerprint density at radius 2 is 2.09 bits per heavy atom. The number of hydrogen-bond acceptors (Lipinski definition) is 4. The molecule has 2 N–H and O–H groups in total. The van der Waals surface area contributed by atoms with E-state index in [0.717, 1.165) is 29.8 Å². The molecule has 0 atom stereocenters. The standard InChI is InChI=1S/C17H18N4O2/c1-12-20-13-6-2-3-7-14(13)21(12)11-5-10-19-17(23)16-15(22)8-4-9-18-16/h2-4,6-9,22H,5,10-11H2,1H3,(H,19,23). The molecular formula is C17H18N4O2. The van der Waals surface area contributed by atoms with Crippen molar-refractivity contribution >= 4 is 16.9 Å². The van der Waals surface area contributed by atoms with Crippen molar-refractivity contribution in [1.29, 1.82) is 0 Å². The predicted octanol–water partition coefficient (Wildman–Crippen LogP) is 2.27. The van der Waals surface area contributed by atoms with E-state index in [-0.39, 0.29) is 17.4 Å². The molecule has 0 radical (unpaired) electrons. The quantitative estimate of drug-likeness (QED) is 0.708. The Kier molecular flexibility index (Phi) is 4.23. The molecule has 1 aromatic carbocycles. The number of aromatic hydroxyl groups is 1. The van der Waals surface area contributed by atoms with Crippen LogP contribution in [0.1, 0.15) is 22.7 Å². The van der Waals surface area contributed by atoms with Gasteiger partial charge in [-0.25, -0.2) is 9.97 Å². The SMILES string of the molecule is Cc1nc2ccccc2n1CCCNC(=O)c1ncccc1O. The smallest absolute Gasteiger partial charge is 0.273 e. The highest BCUT2D eigenvalue weighted by Gasteiger charge is 2.11. The van der Waals surface area contributed by atoms with Crippen LogP contribution >= 0.6 is 0 Å². The Morgan fingerprint density at radius 1 is 1.26 bits per heavy atom. The minimum absolute atomic E-state index is 0.0526. The summed E-state index contributed by atoms with van der Waals surface area (Å²) in [4.78, 5) is 20.4. The minimum Gasteiger partial charge on any atom is -0.505 e. The highest BCUT2D eigenvalue weighted by atomic mass is 16.3. The lowest BCUT2D eigenvalue weighted by Crippen LogP contribution is -2.26. The molecule has 1 amide bonds. The van der Waals surface area contributed by atoms with Crippen LogP contribution in [0.5, 0.6) is 5.75 Å². The van der Waals surface area contributed by atoms with Crippen molar-refractivity contribution in [3.05, 3.63) is 54.1 Å². The second-order valence-corrected chi connectivity index (χ2v) is 5.28. The maximum Gasteiger partial charge on any atom is 0.273 e. The van der Waals surface area contributed by atoms with Gasteiger partial charge in [0, 0.05) is 19.3 Å². The Morgan fingerprint density at radius 3 is 2.91 bits per heavy atom. The molecular weight excluding hydrogens is 292 g/mol. The first-order valence-corrected chi connectivity index (χ1v) is 7.51. The highest BCUT2D eigenvalue weighted by molar-refractivity contribution is 5.94. The molecule has 0 aliphatic carbocycles. The number of nitrogens with one attached hydrogen (secondary N) is 1. The van der Waals surface area contributed by atoms with E-state index < -0.39 is 0 Å². The summed E-state index contributed by atoms with van der Waals surface area (Å²) in [6.45, 7) is 3.24. The topological polar surface area (TPSA) is 80.0 Å². The number of rotatable bonds is 5. The van der Waals surface area contributed by atoms with Crippen molar-refractivity contribution in [2.24, 2.45) is 0 Å². The molecule has 0 bridgehead atoms. The maximum absolute atomic E-state index is 12.0. The van der Waals surface area contributed by atoms with E-state index in [4.69, 9.17) is 0 Å². The summed E-state index contributed by atoms with van der Waals surface area (Å²) in [5.41, 5.74) is 2.13. The molecule has 118 valence electrons.